The molecular weight excluding hydrogens is 345 g/mol. The number of alkyl halides is 3. The number of halogens is 3. The second kappa shape index (κ2) is 7.39. The average molecular weight is 358 g/mol. The van der Waals surface area contributed by atoms with Crippen LogP contribution in [-0.2, 0) is 4.79 Å². The molecule has 128 valence electrons. The molecule has 0 aliphatic heterocycles. The Balaban J connectivity index is 1.88. The molecule has 1 aromatic heterocycles. The number of ether oxygens (including phenoxy) is 1. The lowest BCUT2D eigenvalue weighted by Gasteiger charge is -2.10. The Morgan fingerprint density at radius 3 is 2.54 bits per heavy atom. The van der Waals surface area contributed by atoms with E-state index in [1.807, 2.05) is 0 Å². The van der Waals surface area contributed by atoms with Crippen LogP contribution in [0.1, 0.15) is 5.69 Å². The van der Waals surface area contributed by atoms with Gasteiger partial charge < -0.3 is 15.8 Å². The molecule has 3 N–H and O–H groups in total. The van der Waals surface area contributed by atoms with Crippen LogP contribution in [0.4, 0.5) is 24.7 Å². The number of aromatic nitrogens is 2. The first-order valence-electron chi connectivity index (χ1n) is 6.61. The highest BCUT2D eigenvalue weighted by Gasteiger charge is 2.30. The van der Waals surface area contributed by atoms with Gasteiger partial charge in [-0.3, -0.25) is 4.79 Å². The molecule has 10 heteroatoms. The SMILES string of the molecule is Cc1cc(N)nc(SCC(=O)Nc2ccc(OC(F)(F)F)cc2)n1. The fraction of sp³-hybridized carbons (Fsp3) is 0.214. The number of thioether (sulfide) groups is 1. The minimum absolute atomic E-state index is 0.0314. The van der Waals surface area contributed by atoms with Gasteiger partial charge in [-0.1, -0.05) is 11.8 Å². The molecule has 6 nitrogen and oxygen atoms in total. The minimum Gasteiger partial charge on any atom is -0.406 e. The summed E-state index contributed by atoms with van der Waals surface area (Å²) in [5.41, 5.74) is 6.62. The van der Waals surface area contributed by atoms with E-state index >= 15 is 0 Å². The van der Waals surface area contributed by atoms with Crippen LogP contribution in [0.2, 0.25) is 0 Å². The van der Waals surface area contributed by atoms with Crippen LogP contribution >= 0.6 is 11.8 Å². The molecule has 0 saturated heterocycles. The van der Waals surface area contributed by atoms with Gasteiger partial charge in [-0.15, -0.1) is 13.2 Å². The summed E-state index contributed by atoms with van der Waals surface area (Å²) in [5, 5.41) is 2.92. The topological polar surface area (TPSA) is 90.1 Å². The van der Waals surface area contributed by atoms with Crippen molar-refractivity contribution in [2.24, 2.45) is 0 Å². The van der Waals surface area contributed by atoms with Crippen LogP contribution < -0.4 is 15.8 Å². The molecule has 0 radical (unpaired) electrons. The summed E-state index contributed by atoms with van der Waals surface area (Å²) < 4.78 is 39.9. The number of nitrogen functional groups attached to an aromatic ring is 1. The third kappa shape index (κ3) is 5.95. The monoisotopic (exact) mass is 358 g/mol. The molecule has 0 saturated carbocycles. The van der Waals surface area contributed by atoms with Crippen molar-refractivity contribution in [1.29, 1.82) is 0 Å². The number of anilines is 2. The molecule has 0 unspecified atom stereocenters. The summed E-state index contributed by atoms with van der Waals surface area (Å²) >= 11 is 1.10. The number of rotatable bonds is 5. The van der Waals surface area contributed by atoms with E-state index < -0.39 is 6.36 Å². The van der Waals surface area contributed by atoms with Gasteiger partial charge in [-0.25, -0.2) is 9.97 Å². The number of carbonyl (C=O) groups excluding carboxylic acids is 1. The summed E-state index contributed by atoms with van der Waals surface area (Å²) in [7, 11) is 0. The molecule has 0 spiro atoms. The fourth-order valence-electron chi connectivity index (χ4n) is 1.70. The van der Waals surface area contributed by atoms with Crippen molar-refractivity contribution < 1.29 is 22.7 Å². The first-order valence-corrected chi connectivity index (χ1v) is 7.59. The second-order valence-corrected chi connectivity index (χ2v) is 5.57. The predicted octanol–water partition coefficient (Wildman–Crippen LogP) is 3.00. The third-order valence-electron chi connectivity index (χ3n) is 2.56. The van der Waals surface area contributed by atoms with Gasteiger partial charge in [0, 0.05) is 17.4 Å². The number of nitrogens with two attached hydrogens (primary N) is 1. The number of benzene rings is 1. The summed E-state index contributed by atoms with van der Waals surface area (Å²) in [6.45, 7) is 1.76. The molecule has 1 amide bonds. The van der Waals surface area contributed by atoms with Gasteiger partial charge in [0.2, 0.25) is 5.91 Å². The lowest BCUT2D eigenvalue weighted by molar-refractivity contribution is -0.274. The first-order chi connectivity index (χ1) is 11.2. The number of carbonyl (C=O) groups is 1. The minimum atomic E-state index is -4.75. The van der Waals surface area contributed by atoms with E-state index in [0.29, 0.717) is 22.4 Å². The van der Waals surface area contributed by atoms with Gasteiger partial charge in [0.15, 0.2) is 5.16 Å². The average Bonchev–Trinajstić information content (AvgIpc) is 2.45. The van der Waals surface area contributed by atoms with Crippen molar-refractivity contribution in [3.63, 3.8) is 0 Å². The smallest absolute Gasteiger partial charge is 0.406 e. The number of amides is 1. The summed E-state index contributed by atoms with van der Waals surface area (Å²) in [4.78, 5) is 20.0. The summed E-state index contributed by atoms with van der Waals surface area (Å²) in [5.74, 6) is -0.374. The molecule has 1 aromatic carbocycles. The Labute approximate surface area is 139 Å². The van der Waals surface area contributed by atoms with Gasteiger partial charge in [0.25, 0.3) is 0 Å². The fourth-order valence-corrected chi connectivity index (χ4v) is 2.41. The maximum atomic E-state index is 12.1. The summed E-state index contributed by atoms with van der Waals surface area (Å²) in [6, 6.07) is 6.45. The zero-order valence-electron chi connectivity index (χ0n) is 12.4. The Kier molecular flexibility index (Phi) is 5.50. The normalized spacial score (nSPS) is 11.2. The molecule has 24 heavy (non-hydrogen) atoms. The maximum Gasteiger partial charge on any atom is 0.573 e. The number of aryl methyl sites for hydroxylation is 1. The lowest BCUT2D eigenvalue weighted by Crippen LogP contribution is -2.17. The third-order valence-corrected chi connectivity index (χ3v) is 3.40. The van der Waals surface area contributed by atoms with Crippen LogP contribution in [0.15, 0.2) is 35.5 Å². The summed E-state index contributed by atoms with van der Waals surface area (Å²) in [6.07, 6.45) is -4.75. The van der Waals surface area contributed by atoms with Crippen LogP contribution in [-0.4, -0.2) is 28.0 Å². The molecule has 0 fully saturated rings. The van der Waals surface area contributed by atoms with Crippen LogP contribution in [0.25, 0.3) is 0 Å². The van der Waals surface area contributed by atoms with Gasteiger partial charge in [-0.2, -0.15) is 0 Å². The quantitative estimate of drug-likeness (QED) is 0.631. The Hall–Kier alpha value is -2.49. The molecule has 0 aliphatic rings. The van der Waals surface area contributed by atoms with Gasteiger partial charge >= 0.3 is 6.36 Å². The van der Waals surface area contributed by atoms with E-state index in [-0.39, 0.29) is 17.4 Å². The lowest BCUT2D eigenvalue weighted by atomic mass is 10.3. The molecular formula is C14H13F3N4O2S. The van der Waals surface area contributed by atoms with E-state index in [2.05, 4.69) is 20.0 Å². The standard InChI is InChI=1S/C14H13F3N4O2S/c1-8-6-11(18)21-13(19-8)24-7-12(22)20-9-2-4-10(5-3-9)23-14(15,16)17/h2-6H,7H2,1H3,(H,20,22)(H2,18,19,21). The van der Waals surface area contributed by atoms with E-state index in [0.717, 1.165) is 23.9 Å². The van der Waals surface area contributed by atoms with Gasteiger partial charge in [-0.05, 0) is 31.2 Å². The van der Waals surface area contributed by atoms with E-state index in [1.165, 1.54) is 12.1 Å². The van der Waals surface area contributed by atoms with Crippen molar-refractivity contribution in [3.8, 4) is 5.75 Å². The van der Waals surface area contributed by atoms with Crippen LogP contribution in [0, 0.1) is 6.92 Å². The van der Waals surface area contributed by atoms with E-state index in [1.54, 1.807) is 13.0 Å². The number of nitrogens with zero attached hydrogens (tertiary/aromatic N) is 2. The maximum absolute atomic E-state index is 12.1. The Bertz CT molecular complexity index is 703. The largest absolute Gasteiger partial charge is 0.573 e. The van der Waals surface area contributed by atoms with Gasteiger partial charge in [0.05, 0.1) is 5.75 Å². The zero-order chi connectivity index (χ0) is 17.7. The zero-order valence-corrected chi connectivity index (χ0v) is 13.2. The molecule has 0 bridgehead atoms. The van der Waals surface area contributed by atoms with Gasteiger partial charge in [0.1, 0.15) is 11.6 Å². The number of hydrogen-bond acceptors (Lipinski definition) is 6. The van der Waals surface area contributed by atoms with Crippen LogP contribution in [0.3, 0.4) is 0 Å². The Morgan fingerprint density at radius 2 is 1.96 bits per heavy atom. The van der Waals surface area contributed by atoms with Crippen molar-refractivity contribution in [3.05, 3.63) is 36.0 Å². The van der Waals surface area contributed by atoms with Crippen molar-refractivity contribution in [2.75, 3.05) is 16.8 Å². The number of hydrogen-bond donors (Lipinski definition) is 2. The van der Waals surface area contributed by atoms with Crippen molar-refractivity contribution >= 4 is 29.2 Å². The highest BCUT2D eigenvalue weighted by atomic mass is 32.2. The molecule has 2 rings (SSSR count). The van der Waals surface area contributed by atoms with Crippen molar-refractivity contribution in [1.82, 2.24) is 9.97 Å². The van der Waals surface area contributed by atoms with Crippen molar-refractivity contribution in [2.45, 2.75) is 18.4 Å². The van der Waals surface area contributed by atoms with E-state index in [4.69, 9.17) is 5.73 Å². The second-order valence-electron chi connectivity index (χ2n) is 4.63. The first kappa shape index (κ1) is 17.9. The van der Waals surface area contributed by atoms with Crippen LogP contribution in [0.5, 0.6) is 5.75 Å². The highest BCUT2D eigenvalue weighted by molar-refractivity contribution is 7.99. The molecule has 0 atom stereocenters. The molecule has 2 aromatic rings. The van der Waals surface area contributed by atoms with E-state index in [9.17, 15) is 18.0 Å². The molecule has 1 heterocycles. The number of nitrogens with one attached hydrogen (secondary N) is 1. The predicted molar refractivity (Wildman–Crippen MR) is 83.7 cm³/mol. The molecule has 0 aliphatic carbocycles. The Morgan fingerprint density at radius 1 is 1.29 bits per heavy atom. The highest BCUT2D eigenvalue weighted by Crippen LogP contribution is 2.24.